The Balaban J connectivity index is 3.12. The molecule has 1 aliphatic heterocycles. The van der Waals surface area contributed by atoms with Crippen LogP contribution in [0.15, 0.2) is 11.8 Å². The number of carbonyl (C=O) groups excluding carboxylic acids is 1. The number of aliphatic hydroxyl groups excluding tert-OH is 3. The molecule has 0 aliphatic carbocycles. The molecule has 0 bridgehead atoms. The predicted molar refractivity (Wildman–Crippen MR) is 71.1 cm³/mol. The standard InChI is InChI=1S/C13H21NO7/c1-3-7-4-9(13(19)20)21-12(10(7)14-6(2)16)11(18)8(17)5-15/h4,7-8,10-12,15,17-18H,3,5H2,1-2H3,(H,14,16)(H,19,20)/t7-,8+,10+,11+,12+/m0/s1. The van der Waals surface area contributed by atoms with Crippen LogP contribution >= 0.6 is 0 Å². The van der Waals surface area contributed by atoms with Gasteiger partial charge < -0.3 is 30.5 Å². The van der Waals surface area contributed by atoms with Crippen molar-refractivity contribution in [3.8, 4) is 0 Å². The SMILES string of the molecule is CC[C@H]1C=C(C(=O)O)O[C@@H]([C@H](O)[C@H](O)CO)[C@@H]1NC(C)=O. The first kappa shape index (κ1) is 17.4. The lowest BCUT2D eigenvalue weighted by Gasteiger charge is -2.39. The second-order valence-corrected chi connectivity index (χ2v) is 4.96. The third-order valence-electron chi connectivity index (χ3n) is 3.41. The summed E-state index contributed by atoms with van der Waals surface area (Å²) in [5.41, 5.74) is 0. The van der Waals surface area contributed by atoms with E-state index in [0.29, 0.717) is 6.42 Å². The van der Waals surface area contributed by atoms with Crippen LogP contribution in [0.2, 0.25) is 0 Å². The van der Waals surface area contributed by atoms with Crippen molar-refractivity contribution in [1.29, 1.82) is 0 Å². The number of aliphatic hydroxyl groups is 3. The molecule has 5 atom stereocenters. The van der Waals surface area contributed by atoms with E-state index in [9.17, 15) is 19.8 Å². The number of hydrogen-bond donors (Lipinski definition) is 5. The molecule has 0 aromatic carbocycles. The summed E-state index contributed by atoms with van der Waals surface area (Å²) in [5.74, 6) is -2.40. The number of carbonyl (C=O) groups is 2. The van der Waals surface area contributed by atoms with Gasteiger partial charge in [0.1, 0.15) is 18.3 Å². The molecule has 0 saturated carbocycles. The average molecular weight is 303 g/mol. The molecule has 0 aromatic heterocycles. The molecule has 5 N–H and O–H groups in total. The summed E-state index contributed by atoms with van der Waals surface area (Å²) in [6.07, 6.45) is -2.33. The fraction of sp³-hybridized carbons (Fsp3) is 0.692. The van der Waals surface area contributed by atoms with Crippen LogP contribution in [0.1, 0.15) is 20.3 Å². The van der Waals surface area contributed by atoms with E-state index >= 15 is 0 Å². The molecule has 0 spiro atoms. The molecule has 0 aromatic rings. The maximum atomic E-state index is 11.3. The molecule has 0 fully saturated rings. The Morgan fingerprint density at radius 2 is 2.05 bits per heavy atom. The Morgan fingerprint density at radius 1 is 1.43 bits per heavy atom. The van der Waals surface area contributed by atoms with E-state index in [1.54, 1.807) is 6.92 Å². The van der Waals surface area contributed by atoms with Crippen LogP contribution < -0.4 is 5.32 Å². The lowest BCUT2D eigenvalue weighted by Crippen LogP contribution is -2.58. The number of hydrogen-bond acceptors (Lipinski definition) is 6. The Bertz CT molecular complexity index is 423. The van der Waals surface area contributed by atoms with Crippen molar-refractivity contribution in [3.63, 3.8) is 0 Å². The second kappa shape index (κ2) is 7.39. The van der Waals surface area contributed by atoms with E-state index in [1.807, 2.05) is 0 Å². The fourth-order valence-corrected chi connectivity index (χ4v) is 2.33. The quantitative estimate of drug-likeness (QED) is 0.407. The summed E-state index contributed by atoms with van der Waals surface area (Å²) in [6.45, 7) is 2.37. The summed E-state index contributed by atoms with van der Waals surface area (Å²) in [4.78, 5) is 22.4. The van der Waals surface area contributed by atoms with Gasteiger partial charge in [-0.3, -0.25) is 4.79 Å². The van der Waals surface area contributed by atoms with E-state index in [2.05, 4.69) is 5.32 Å². The zero-order valence-electron chi connectivity index (χ0n) is 11.9. The normalized spacial score (nSPS) is 28.0. The molecule has 8 heteroatoms. The number of carboxylic acids is 1. The highest BCUT2D eigenvalue weighted by Gasteiger charge is 2.42. The predicted octanol–water partition coefficient (Wildman–Crippen LogP) is -1.40. The van der Waals surface area contributed by atoms with Crippen molar-refractivity contribution in [2.45, 2.75) is 44.6 Å². The molecule has 0 saturated heterocycles. The highest BCUT2D eigenvalue weighted by atomic mass is 16.5. The van der Waals surface area contributed by atoms with E-state index in [0.717, 1.165) is 0 Å². The number of aliphatic carboxylic acids is 1. The van der Waals surface area contributed by atoms with E-state index < -0.39 is 36.9 Å². The van der Waals surface area contributed by atoms with Gasteiger partial charge in [0.2, 0.25) is 11.7 Å². The van der Waals surface area contributed by atoms with Crippen molar-refractivity contribution < 1.29 is 34.8 Å². The lowest BCUT2D eigenvalue weighted by molar-refractivity contribution is -0.147. The summed E-state index contributed by atoms with van der Waals surface area (Å²) in [7, 11) is 0. The molecule has 120 valence electrons. The van der Waals surface area contributed by atoms with Gasteiger partial charge in [0.15, 0.2) is 0 Å². The van der Waals surface area contributed by atoms with Crippen LogP contribution in [0.4, 0.5) is 0 Å². The minimum absolute atomic E-state index is 0.349. The van der Waals surface area contributed by atoms with Crippen molar-refractivity contribution in [3.05, 3.63) is 11.8 Å². The van der Waals surface area contributed by atoms with Crippen LogP contribution in [0, 0.1) is 5.92 Å². The zero-order valence-corrected chi connectivity index (χ0v) is 11.9. The van der Waals surface area contributed by atoms with Gasteiger partial charge in [-0.2, -0.15) is 0 Å². The molecule has 1 aliphatic rings. The Labute approximate surface area is 122 Å². The molecular formula is C13H21NO7. The zero-order chi connectivity index (χ0) is 16.2. The first-order valence-corrected chi connectivity index (χ1v) is 6.67. The molecule has 1 heterocycles. The van der Waals surface area contributed by atoms with Gasteiger partial charge in [0.05, 0.1) is 12.6 Å². The van der Waals surface area contributed by atoms with Crippen molar-refractivity contribution in [2.75, 3.05) is 6.61 Å². The smallest absolute Gasteiger partial charge is 0.370 e. The van der Waals surface area contributed by atoms with Gasteiger partial charge >= 0.3 is 5.97 Å². The molecule has 0 unspecified atom stereocenters. The highest BCUT2D eigenvalue weighted by molar-refractivity contribution is 5.84. The molecule has 21 heavy (non-hydrogen) atoms. The van der Waals surface area contributed by atoms with Crippen LogP contribution in [0.5, 0.6) is 0 Å². The van der Waals surface area contributed by atoms with E-state index in [4.69, 9.17) is 14.9 Å². The summed E-state index contributed by atoms with van der Waals surface area (Å²) < 4.78 is 5.20. The molecule has 1 amide bonds. The fourth-order valence-electron chi connectivity index (χ4n) is 2.33. The Morgan fingerprint density at radius 3 is 2.48 bits per heavy atom. The average Bonchev–Trinajstić information content (AvgIpc) is 2.44. The summed E-state index contributed by atoms with van der Waals surface area (Å²) in [6, 6.07) is -0.702. The first-order valence-electron chi connectivity index (χ1n) is 6.67. The third kappa shape index (κ3) is 4.16. The number of nitrogens with one attached hydrogen (secondary N) is 1. The van der Waals surface area contributed by atoms with Gasteiger partial charge in [-0.15, -0.1) is 0 Å². The van der Waals surface area contributed by atoms with Crippen LogP contribution in [0.25, 0.3) is 0 Å². The Hall–Kier alpha value is -1.64. The van der Waals surface area contributed by atoms with Crippen LogP contribution in [-0.4, -0.2) is 63.3 Å². The van der Waals surface area contributed by atoms with Crippen molar-refractivity contribution in [1.82, 2.24) is 5.32 Å². The van der Waals surface area contributed by atoms with Gasteiger partial charge in [0.25, 0.3) is 0 Å². The highest BCUT2D eigenvalue weighted by Crippen LogP contribution is 2.28. The number of ether oxygens (including phenoxy) is 1. The minimum Gasteiger partial charge on any atom is -0.478 e. The summed E-state index contributed by atoms with van der Waals surface area (Å²) >= 11 is 0. The van der Waals surface area contributed by atoms with Crippen LogP contribution in [-0.2, 0) is 14.3 Å². The maximum absolute atomic E-state index is 11.3. The number of amides is 1. The minimum atomic E-state index is -1.54. The molecule has 1 rings (SSSR count). The largest absolute Gasteiger partial charge is 0.478 e. The van der Waals surface area contributed by atoms with Crippen molar-refractivity contribution in [2.24, 2.45) is 5.92 Å². The molecule has 0 radical (unpaired) electrons. The van der Waals surface area contributed by atoms with Crippen LogP contribution in [0.3, 0.4) is 0 Å². The monoisotopic (exact) mass is 303 g/mol. The summed E-state index contributed by atoms with van der Waals surface area (Å²) in [5, 5.41) is 40.1. The van der Waals surface area contributed by atoms with Crippen molar-refractivity contribution >= 4 is 11.9 Å². The third-order valence-corrected chi connectivity index (χ3v) is 3.41. The number of carboxylic acid groups (broad SMARTS) is 1. The van der Waals surface area contributed by atoms with Gasteiger partial charge in [-0.1, -0.05) is 6.92 Å². The Kier molecular flexibility index (Phi) is 6.13. The van der Waals surface area contributed by atoms with E-state index in [-0.39, 0.29) is 17.6 Å². The topological polar surface area (TPSA) is 136 Å². The first-order chi connectivity index (χ1) is 9.81. The lowest BCUT2D eigenvalue weighted by atomic mass is 9.85. The second-order valence-electron chi connectivity index (χ2n) is 4.96. The molecular weight excluding hydrogens is 282 g/mol. The van der Waals surface area contributed by atoms with Gasteiger partial charge in [0, 0.05) is 12.8 Å². The number of rotatable bonds is 6. The molecule has 8 nitrogen and oxygen atoms in total. The van der Waals surface area contributed by atoms with Gasteiger partial charge in [-0.25, -0.2) is 4.79 Å². The maximum Gasteiger partial charge on any atom is 0.370 e. The van der Waals surface area contributed by atoms with Gasteiger partial charge in [-0.05, 0) is 12.5 Å². The van der Waals surface area contributed by atoms with E-state index in [1.165, 1.54) is 13.0 Å².